The van der Waals surface area contributed by atoms with Crippen LogP contribution in [-0.2, 0) is 0 Å². The van der Waals surface area contributed by atoms with Gasteiger partial charge >= 0.3 is 0 Å². The molecule has 3 aromatic rings. The van der Waals surface area contributed by atoms with Crippen molar-refractivity contribution in [3.05, 3.63) is 69.3 Å². The molecule has 0 spiro atoms. The van der Waals surface area contributed by atoms with E-state index in [4.69, 9.17) is 16.8 Å². The molecule has 104 valence electrons. The number of aromatic amines is 1. The largest absolute Gasteiger partial charge is 0.411 e. The number of H-pyrrole nitrogens is 1. The molecule has 21 heavy (non-hydrogen) atoms. The Morgan fingerprint density at radius 2 is 1.86 bits per heavy atom. The molecular weight excluding hydrogens is 288 g/mol. The van der Waals surface area contributed by atoms with Crippen molar-refractivity contribution in [3.8, 4) is 11.3 Å². The maximum atomic E-state index is 12.6. The normalized spacial score (nSPS) is 11.3. The van der Waals surface area contributed by atoms with Gasteiger partial charge in [0.05, 0.1) is 28.0 Å². The van der Waals surface area contributed by atoms with Gasteiger partial charge in [0.25, 0.3) is 0 Å². The van der Waals surface area contributed by atoms with E-state index in [-0.39, 0.29) is 5.43 Å². The smallest absolute Gasteiger partial charge is 0.198 e. The molecule has 0 saturated heterocycles. The molecule has 0 atom stereocenters. The Balaban J connectivity index is 2.45. The fourth-order valence-corrected chi connectivity index (χ4v) is 2.53. The summed E-state index contributed by atoms with van der Waals surface area (Å²) in [5.74, 6) is 0. The predicted molar refractivity (Wildman–Crippen MR) is 84.4 cm³/mol. The molecular formula is C16H11ClN2O2. The number of hydrogen-bond donors (Lipinski definition) is 2. The van der Waals surface area contributed by atoms with E-state index in [0.29, 0.717) is 27.2 Å². The number of para-hydroxylation sites is 1. The van der Waals surface area contributed by atoms with E-state index >= 15 is 0 Å². The highest BCUT2D eigenvalue weighted by Gasteiger charge is 2.13. The lowest BCUT2D eigenvalue weighted by atomic mass is 10.0. The number of aromatic nitrogens is 1. The standard InChI is InChI=1S/C16H11ClN2O2/c17-13-8-4-7-11-15(13)19-14(10-5-2-1-3-6-10)12(9-18-21)16(11)20/h1-9,21H,(H,19,20)/b18-9+. The molecule has 0 aliphatic rings. The van der Waals surface area contributed by atoms with E-state index < -0.39 is 0 Å². The first kappa shape index (κ1) is 13.4. The minimum Gasteiger partial charge on any atom is -0.411 e. The van der Waals surface area contributed by atoms with E-state index in [1.54, 1.807) is 18.2 Å². The monoisotopic (exact) mass is 298 g/mol. The number of benzene rings is 2. The van der Waals surface area contributed by atoms with E-state index in [0.717, 1.165) is 11.8 Å². The number of pyridine rings is 1. The molecule has 0 unspecified atom stereocenters. The van der Waals surface area contributed by atoms with Crippen molar-refractivity contribution in [2.24, 2.45) is 5.16 Å². The van der Waals surface area contributed by atoms with Crippen LogP contribution in [0.1, 0.15) is 5.56 Å². The predicted octanol–water partition coefficient (Wildman–Crippen LogP) is 3.66. The molecule has 1 heterocycles. The molecule has 0 amide bonds. The molecule has 4 nitrogen and oxygen atoms in total. The van der Waals surface area contributed by atoms with Crippen LogP contribution in [0.5, 0.6) is 0 Å². The van der Waals surface area contributed by atoms with E-state index in [1.807, 2.05) is 30.3 Å². The Kier molecular flexibility index (Phi) is 3.46. The van der Waals surface area contributed by atoms with Crippen molar-refractivity contribution in [1.29, 1.82) is 0 Å². The number of halogens is 1. The van der Waals surface area contributed by atoms with Gasteiger partial charge in [-0.2, -0.15) is 0 Å². The number of nitrogens with zero attached hydrogens (tertiary/aromatic N) is 1. The van der Waals surface area contributed by atoms with Gasteiger partial charge in [-0.05, 0) is 17.7 Å². The number of hydrogen-bond acceptors (Lipinski definition) is 3. The van der Waals surface area contributed by atoms with Gasteiger partial charge in [-0.15, -0.1) is 0 Å². The average Bonchev–Trinajstić information content (AvgIpc) is 2.51. The zero-order valence-corrected chi connectivity index (χ0v) is 11.6. The van der Waals surface area contributed by atoms with Crippen LogP contribution in [0.3, 0.4) is 0 Å². The first-order chi connectivity index (χ1) is 10.2. The number of nitrogens with one attached hydrogen (secondary N) is 1. The molecule has 1 aromatic heterocycles. The van der Waals surface area contributed by atoms with Gasteiger partial charge in [-0.25, -0.2) is 0 Å². The highest BCUT2D eigenvalue weighted by molar-refractivity contribution is 6.35. The lowest BCUT2D eigenvalue weighted by molar-refractivity contribution is 0.322. The molecule has 0 saturated carbocycles. The molecule has 2 N–H and O–H groups in total. The van der Waals surface area contributed by atoms with Crippen LogP contribution in [0.15, 0.2) is 58.5 Å². The lowest BCUT2D eigenvalue weighted by Crippen LogP contribution is -2.12. The zero-order chi connectivity index (χ0) is 14.8. The van der Waals surface area contributed by atoms with Crippen molar-refractivity contribution in [3.63, 3.8) is 0 Å². The van der Waals surface area contributed by atoms with Crippen molar-refractivity contribution in [2.75, 3.05) is 0 Å². The summed E-state index contributed by atoms with van der Waals surface area (Å²) in [5.41, 5.74) is 2.00. The van der Waals surface area contributed by atoms with Gasteiger partial charge in [0.2, 0.25) is 0 Å². The molecule has 2 aromatic carbocycles. The molecule has 0 radical (unpaired) electrons. The van der Waals surface area contributed by atoms with Crippen LogP contribution >= 0.6 is 11.6 Å². The van der Waals surface area contributed by atoms with Crippen molar-refractivity contribution >= 4 is 28.7 Å². The number of oxime groups is 1. The Labute approximate surface area is 125 Å². The zero-order valence-electron chi connectivity index (χ0n) is 10.9. The van der Waals surface area contributed by atoms with Crippen molar-refractivity contribution in [2.45, 2.75) is 0 Å². The molecule has 0 aliphatic heterocycles. The van der Waals surface area contributed by atoms with Crippen LogP contribution in [0, 0.1) is 0 Å². The van der Waals surface area contributed by atoms with Crippen LogP contribution in [0.2, 0.25) is 5.02 Å². The van der Waals surface area contributed by atoms with Gasteiger partial charge in [-0.1, -0.05) is 53.2 Å². The maximum absolute atomic E-state index is 12.6. The lowest BCUT2D eigenvalue weighted by Gasteiger charge is -2.09. The van der Waals surface area contributed by atoms with Gasteiger partial charge in [0.15, 0.2) is 5.43 Å². The van der Waals surface area contributed by atoms with Crippen molar-refractivity contribution < 1.29 is 5.21 Å². The van der Waals surface area contributed by atoms with Crippen LogP contribution in [-0.4, -0.2) is 16.4 Å². The second kappa shape index (κ2) is 5.42. The Morgan fingerprint density at radius 3 is 2.57 bits per heavy atom. The summed E-state index contributed by atoms with van der Waals surface area (Å²) in [4.78, 5) is 15.8. The SMILES string of the molecule is O=c1c(/C=N/O)c(-c2ccccc2)[nH]c2c(Cl)cccc12. The fraction of sp³-hybridized carbons (Fsp3) is 0. The van der Waals surface area contributed by atoms with Crippen LogP contribution in [0.25, 0.3) is 22.2 Å². The quantitative estimate of drug-likeness (QED) is 0.431. The highest BCUT2D eigenvalue weighted by Crippen LogP contribution is 2.25. The highest BCUT2D eigenvalue weighted by atomic mass is 35.5. The molecule has 0 fully saturated rings. The Bertz CT molecular complexity index is 886. The van der Waals surface area contributed by atoms with Gasteiger partial charge in [0.1, 0.15) is 0 Å². The Morgan fingerprint density at radius 1 is 1.10 bits per heavy atom. The molecule has 3 rings (SSSR count). The Hall–Kier alpha value is -2.59. The van der Waals surface area contributed by atoms with Gasteiger partial charge in [-0.3, -0.25) is 4.79 Å². The van der Waals surface area contributed by atoms with Crippen LogP contribution < -0.4 is 5.43 Å². The van der Waals surface area contributed by atoms with Gasteiger partial charge in [0, 0.05) is 5.39 Å². The molecule has 0 bridgehead atoms. The second-order valence-electron chi connectivity index (χ2n) is 4.52. The summed E-state index contributed by atoms with van der Waals surface area (Å²) < 4.78 is 0. The summed E-state index contributed by atoms with van der Waals surface area (Å²) in [7, 11) is 0. The summed E-state index contributed by atoms with van der Waals surface area (Å²) in [6.07, 6.45) is 1.14. The molecule has 5 heteroatoms. The molecule has 0 aliphatic carbocycles. The maximum Gasteiger partial charge on any atom is 0.198 e. The third kappa shape index (κ3) is 2.30. The minimum absolute atomic E-state index is 0.233. The minimum atomic E-state index is -0.233. The third-order valence-electron chi connectivity index (χ3n) is 3.27. The van der Waals surface area contributed by atoms with Gasteiger partial charge < -0.3 is 10.2 Å². The van der Waals surface area contributed by atoms with E-state index in [2.05, 4.69) is 10.1 Å². The van der Waals surface area contributed by atoms with Crippen LogP contribution in [0.4, 0.5) is 0 Å². The first-order valence-corrected chi connectivity index (χ1v) is 6.67. The summed E-state index contributed by atoms with van der Waals surface area (Å²) >= 11 is 6.16. The third-order valence-corrected chi connectivity index (χ3v) is 3.59. The van der Waals surface area contributed by atoms with E-state index in [9.17, 15) is 4.79 Å². The number of fused-ring (bicyclic) bond motifs is 1. The summed E-state index contributed by atoms with van der Waals surface area (Å²) in [6, 6.07) is 14.5. The summed E-state index contributed by atoms with van der Waals surface area (Å²) in [6.45, 7) is 0. The number of rotatable bonds is 2. The first-order valence-electron chi connectivity index (χ1n) is 6.29. The van der Waals surface area contributed by atoms with Crippen molar-refractivity contribution in [1.82, 2.24) is 4.98 Å². The fourth-order valence-electron chi connectivity index (χ4n) is 2.30. The topological polar surface area (TPSA) is 65.4 Å². The second-order valence-corrected chi connectivity index (χ2v) is 4.92. The average molecular weight is 299 g/mol. The van der Waals surface area contributed by atoms with E-state index in [1.165, 1.54) is 0 Å². The summed E-state index contributed by atoms with van der Waals surface area (Å²) in [5, 5.41) is 12.8.